The van der Waals surface area contributed by atoms with Crippen LogP contribution in [0.4, 0.5) is 22.7 Å². The quantitative estimate of drug-likeness (QED) is 0.205. The standard InChI is InChI=1S/C18H14N4O8S2.2Na/c23-17-10-18(24)16(22-20-12-3-7-14(8-4-12)32(28,29)30)9-15(17)21-19-11-1-5-13(6-2-11)31(25,26)27;;/h1-10,23-24H,(H,25,26,27)(H,28,29,30);;/q;2*+1/p-2. The summed E-state index contributed by atoms with van der Waals surface area (Å²) < 4.78 is 65.6. The molecule has 0 bridgehead atoms. The van der Waals surface area contributed by atoms with E-state index in [4.69, 9.17) is 0 Å². The van der Waals surface area contributed by atoms with Crippen LogP contribution in [0.2, 0.25) is 0 Å². The number of hydrogen-bond acceptors (Lipinski definition) is 12. The molecule has 0 aliphatic rings. The second-order valence-electron chi connectivity index (χ2n) is 6.13. The minimum atomic E-state index is -4.60. The molecule has 0 radical (unpaired) electrons. The molecule has 16 heteroatoms. The van der Waals surface area contributed by atoms with E-state index in [0.29, 0.717) is 0 Å². The van der Waals surface area contributed by atoms with Gasteiger partial charge in [0.05, 0.1) is 21.2 Å². The molecule has 0 aliphatic heterocycles. The van der Waals surface area contributed by atoms with Gasteiger partial charge < -0.3 is 19.3 Å². The predicted molar refractivity (Wildman–Crippen MR) is 107 cm³/mol. The van der Waals surface area contributed by atoms with Gasteiger partial charge in [-0.2, -0.15) is 10.2 Å². The first-order valence-corrected chi connectivity index (χ1v) is 11.3. The smallest absolute Gasteiger partial charge is 0.744 e. The minimum absolute atomic E-state index is 0. The molecule has 34 heavy (non-hydrogen) atoms. The summed E-state index contributed by atoms with van der Waals surface area (Å²) in [5.74, 6) is -0.872. The first kappa shape index (κ1) is 30.3. The number of rotatable bonds is 6. The van der Waals surface area contributed by atoms with Crippen molar-refractivity contribution in [2.24, 2.45) is 20.5 Å². The van der Waals surface area contributed by atoms with Gasteiger partial charge in [-0.05, 0) is 48.5 Å². The average molecular weight is 522 g/mol. The van der Waals surface area contributed by atoms with Crippen molar-refractivity contribution in [3.05, 3.63) is 60.7 Å². The molecule has 0 atom stereocenters. The number of phenolic OH excluding ortho intramolecular Hbond substituents is 2. The van der Waals surface area contributed by atoms with Crippen LogP contribution in [0.25, 0.3) is 0 Å². The summed E-state index contributed by atoms with van der Waals surface area (Å²) in [6, 6.07) is 11.2. The molecule has 0 unspecified atom stereocenters. The van der Waals surface area contributed by atoms with Crippen molar-refractivity contribution in [1.29, 1.82) is 0 Å². The van der Waals surface area contributed by atoms with Gasteiger partial charge in [0.25, 0.3) is 0 Å². The third-order valence-electron chi connectivity index (χ3n) is 3.87. The Balaban J connectivity index is 0.00000289. The van der Waals surface area contributed by atoms with Gasteiger partial charge in [0.2, 0.25) is 0 Å². The van der Waals surface area contributed by atoms with Crippen LogP contribution in [0, 0.1) is 0 Å². The van der Waals surface area contributed by atoms with Crippen LogP contribution in [-0.4, -0.2) is 36.2 Å². The maximum absolute atomic E-state index is 10.9. The van der Waals surface area contributed by atoms with E-state index < -0.39 is 41.5 Å². The summed E-state index contributed by atoms with van der Waals surface area (Å²) in [6.45, 7) is 0. The molecule has 3 aromatic rings. The van der Waals surface area contributed by atoms with Gasteiger partial charge in [-0.1, -0.05) is 0 Å². The molecule has 0 spiro atoms. The van der Waals surface area contributed by atoms with E-state index in [1.54, 1.807) is 0 Å². The van der Waals surface area contributed by atoms with Crippen LogP contribution in [0.1, 0.15) is 0 Å². The molecule has 0 heterocycles. The maximum atomic E-state index is 10.9. The van der Waals surface area contributed by atoms with Crippen molar-refractivity contribution in [3.63, 3.8) is 0 Å². The molecule has 0 aliphatic carbocycles. The topological polar surface area (TPSA) is 204 Å². The van der Waals surface area contributed by atoms with Gasteiger partial charge in [0.1, 0.15) is 43.1 Å². The van der Waals surface area contributed by atoms with Gasteiger partial charge in [0, 0.05) is 12.1 Å². The van der Waals surface area contributed by atoms with E-state index in [-0.39, 0.29) is 81.9 Å². The summed E-state index contributed by atoms with van der Waals surface area (Å²) in [5.41, 5.74) is 0.151. The molecular weight excluding hydrogens is 510 g/mol. The van der Waals surface area contributed by atoms with Crippen molar-refractivity contribution in [1.82, 2.24) is 0 Å². The zero-order valence-electron chi connectivity index (χ0n) is 17.7. The molecule has 0 fully saturated rings. The van der Waals surface area contributed by atoms with Crippen LogP contribution >= 0.6 is 0 Å². The Hall–Kier alpha value is -1.72. The summed E-state index contributed by atoms with van der Waals surface area (Å²) in [6.07, 6.45) is 0. The van der Waals surface area contributed by atoms with E-state index in [1.165, 1.54) is 24.3 Å². The second-order valence-corrected chi connectivity index (χ2v) is 8.88. The molecule has 0 aromatic heterocycles. The number of hydrogen-bond donors (Lipinski definition) is 2. The van der Waals surface area contributed by atoms with E-state index >= 15 is 0 Å². The Kier molecular flexibility index (Phi) is 11.0. The number of phenols is 2. The zero-order chi connectivity index (χ0) is 23.5. The third kappa shape index (κ3) is 8.20. The van der Waals surface area contributed by atoms with E-state index in [1.807, 2.05) is 0 Å². The second kappa shape index (κ2) is 12.3. The molecule has 2 N–H and O–H groups in total. The van der Waals surface area contributed by atoms with Gasteiger partial charge in [-0.15, -0.1) is 10.2 Å². The van der Waals surface area contributed by atoms with Crippen molar-refractivity contribution in [2.45, 2.75) is 9.79 Å². The van der Waals surface area contributed by atoms with Gasteiger partial charge in [-0.3, -0.25) is 0 Å². The van der Waals surface area contributed by atoms with Crippen LogP contribution in [0.5, 0.6) is 11.5 Å². The normalized spacial score (nSPS) is 11.8. The number of azo groups is 2. The maximum Gasteiger partial charge on any atom is 1.00 e. The SMILES string of the molecule is O=S(=O)([O-])c1ccc(N=Nc2cc(N=Nc3ccc(S(=O)(=O)[O-])cc3)c(O)cc2O)cc1.[Na+].[Na+]. The minimum Gasteiger partial charge on any atom is -0.744 e. The predicted octanol–water partition coefficient (Wildman–Crippen LogP) is -2.26. The first-order valence-electron chi connectivity index (χ1n) is 8.45. The van der Waals surface area contributed by atoms with Crippen LogP contribution in [-0.2, 0) is 20.2 Å². The molecule has 0 amide bonds. The molecule has 12 nitrogen and oxygen atoms in total. The Labute approximate surface area is 238 Å². The zero-order valence-corrected chi connectivity index (χ0v) is 23.4. The number of nitrogens with zero attached hydrogens (tertiary/aromatic N) is 4. The van der Waals surface area contributed by atoms with Crippen molar-refractivity contribution >= 4 is 43.0 Å². The Morgan fingerprint density at radius 3 is 1.18 bits per heavy atom. The largest absolute Gasteiger partial charge is 1.00 e. The van der Waals surface area contributed by atoms with Crippen LogP contribution in [0.3, 0.4) is 0 Å². The van der Waals surface area contributed by atoms with Gasteiger partial charge >= 0.3 is 59.1 Å². The van der Waals surface area contributed by atoms with Crippen molar-refractivity contribution in [2.75, 3.05) is 0 Å². The van der Waals surface area contributed by atoms with Crippen LogP contribution in [0.15, 0.2) is 90.9 Å². The molecule has 0 saturated heterocycles. The Bertz CT molecular complexity index is 1320. The van der Waals surface area contributed by atoms with Crippen molar-refractivity contribution < 1.29 is 95.3 Å². The third-order valence-corrected chi connectivity index (χ3v) is 5.57. The van der Waals surface area contributed by atoms with E-state index in [2.05, 4.69) is 20.5 Å². The molecule has 3 rings (SSSR count). The number of aromatic hydroxyl groups is 2. The van der Waals surface area contributed by atoms with Crippen LogP contribution < -0.4 is 59.1 Å². The summed E-state index contributed by atoms with van der Waals surface area (Å²) in [5, 5.41) is 35.1. The fourth-order valence-electron chi connectivity index (χ4n) is 2.30. The molecule has 0 saturated carbocycles. The Morgan fingerprint density at radius 1 is 0.559 bits per heavy atom. The van der Waals surface area contributed by atoms with Gasteiger partial charge in [-0.25, -0.2) is 16.8 Å². The van der Waals surface area contributed by atoms with Gasteiger partial charge in [0.15, 0.2) is 0 Å². The fraction of sp³-hybridized carbons (Fsp3) is 0. The average Bonchev–Trinajstić information content (AvgIpc) is 2.72. The fourth-order valence-corrected chi connectivity index (χ4v) is 3.24. The monoisotopic (exact) mass is 522 g/mol. The van der Waals surface area contributed by atoms with E-state index in [0.717, 1.165) is 36.4 Å². The summed E-state index contributed by atoms with van der Waals surface area (Å²) in [7, 11) is -9.20. The van der Waals surface area contributed by atoms with E-state index in [9.17, 15) is 36.2 Å². The first-order chi connectivity index (χ1) is 14.9. The molecular formula is C18H12N4Na2O8S2. The molecule has 3 aromatic carbocycles. The summed E-state index contributed by atoms with van der Waals surface area (Å²) in [4.78, 5) is -0.875. The van der Waals surface area contributed by atoms with Crippen molar-refractivity contribution in [3.8, 4) is 11.5 Å². The summed E-state index contributed by atoms with van der Waals surface area (Å²) >= 11 is 0. The molecule has 166 valence electrons. The number of benzene rings is 3. The Morgan fingerprint density at radius 2 is 0.882 bits per heavy atom.